The lowest BCUT2D eigenvalue weighted by atomic mass is 10.0. The predicted octanol–water partition coefficient (Wildman–Crippen LogP) is 3.17. The summed E-state index contributed by atoms with van der Waals surface area (Å²) >= 11 is 3.44. The molecule has 0 spiro atoms. The third-order valence-corrected chi connectivity index (χ3v) is 3.47. The van der Waals surface area contributed by atoms with Crippen molar-refractivity contribution < 1.29 is 9.53 Å². The van der Waals surface area contributed by atoms with E-state index in [1.807, 2.05) is 30.3 Å². The highest BCUT2D eigenvalue weighted by atomic mass is 79.9. The zero-order valence-corrected chi connectivity index (χ0v) is 12.1. The first-order valence-electron chi connectivity index (χ1n) is 5.88. The zero-order valence-electron chi connectivity index (χ0n) is 10.6. The molecule has 3 rings (SSSR count). The summed E-state index contributed by atoms with van der Waals surface area (Å²) in [7, 11) is 1.33. The number of nitrogens with one attached hydrogen (secondary N) is 1. The van der Waals surface area contributed by atoms with Crippen LogP contribution in [0.3, 0.4) is 0 Å². The second-order valence-corrected chi connectivity index (χ2v) is 5.07. The van der Waals surface area contributed by atoms with Crippen molar-refractivity contribution in [1.29, 1.82) is 0 Å². The van der Waals surface area contributed by atoms with Gasteiger partial charge in [0.05, 0.1) is 12.5 Å². The predicted molar refractivity (Wildman–Crippen MR) is 78.4 cm³/mol. The summed E-state index contributed by atoms with van der Waals surface area (Å²) in [6.07, 6.45) is 1.68. The quantitative estimate of drug-likeness (QED) is 0.732. The number of ether oxygens (including phenoxy) is 1. The molecule has 0 atom stereocenters. The van der Waals surface area contributed by atoms with Gasteiger partial charge < -0.3 is 4.74 Å². The van der Waals surface area contributed by atoms with E-state index in [1.165, 1.54) is 7.11 Å². The van der Waals surface area contributed by atoms with Crippen LogP contribution in [0.1, 0.15) is 10.5 Å². The van der Waals surface area contributed by atoms with Gasteiger partial charge in [0, 0.05) is 10.7 Å². The number of rotatable bonds is 2. The Kier molecular flexibility index (Phi) is 3.23. The van der Waals surface area contributed by atoms with Gasteiger partial charge in [0.1, 0.15) is 0 Å². The zero-order chi connectivity index (χ0) is 14.1. The number of aromatic amines is 1. The number of methoxy groups -OCH3 is 1. The number of H-pyrrole nitrogens is 1. The molecule has 2 aromatic heterocycles. The van der Waals surface area contributed by atoms with Gasteiger partial charge in [-0.2, -0.15) is 5.10 Å². The fraction of sp³-hybridized carbons (Fsp3) is 0.0714. The summed E-state index contributed by atoms with van der Waals surface area (Å²) < 4.78 is 5.72. The maximum absolute atomic E-state index is 11.8. The van der Waals surface area contributed by atoms with Crippen LogP contribution in [0.4, 0.5) is 0 Å². The van der Waals surface area contributed by atoms with Gasteiger partial charge >= 0.3 is 5.97 Å². The Morgan fingerprint density at radius 2 is 2.20 bits per heavy atom. The van der Waals surface area contributed by atoms with E-state index in [9.17, 15) is 4.79 Å². The molecular formula is C14H10BrN3O2. The van der Waals surface area contributed by atoms with Crippen molar-refractivity contribution in [1.82, 2.24) is 15.2 Å². The number of nitrogens with zero attached hydrogens (tertiary/aromatic N) is 2. The van der Waals surface area contributed by atoms with Crippen molar-refractivity contribution in [2.24, 2.45) is 0 Å². The molecular weight excluding hydrogens is 322 g/mol. The molecule has 1 aromatic carbocycles. The second-order valence-electron chi connectivity index (χ2n) is 4.16. The molecule has 20 heavy (non-hydrogen) atoms. The van der Waals surface area contributed by atoms with Crippen LogP contribution in [0.5, 0.6) is 0 Å². The second kappa shape index (κ2) is 5.05. The average Bonchev–Trinajstić information content (AvgIpc) is 2.90. The third-order valence-electron chi connectivity index (χ3n) is 2.98. The Hall–Kier alpha value is -2.21. The lowest BCUT2D eigenvalue weighted by Crippen LogP contribution is -2.02. The molecule has 3 aromatic rings. The van der Waals surface area contributed by atoms with Gasteiger partial charge in [-0.05, 0) is 29.3 Å². The molecule has 0 aliphatic heterocycles. The normalized spacial score (nSPS) is 10.7. The van der Waals surface area contributed by atoms with Crippen LogP contribution in [-0.4, -0.2) is 28.3 Å². The van der Waals surface area contributed by atoms with Gasteiger partial charge in [0.25, 0.3) is 0 Å². The summed E-state index contributed by atoms with van der Waals surface area (Å²) in [5, 5.41) is 7.42. The van der Waals surface area contributed by atoms with Gasteiger partial charge in [0.2, 0.25) is 0 Å². The fourth-order valence-corrected chi connectivity index (χ4v) is 2.49. The van der Waals surface area contributed by atoms with Gasteiger partial charge in [0.15, 0.2) is 11.3 Å². The number of benzene rings is 1. The molecule has 100 valence electrons. The molecule has 0 saturated carbocycles. The van der Waals surface area contributed by atoms with Crippen molar-refractivity contribution in [2.75, 3.05) is 7.11 Å². The minimum Gasteiger partial charge on any atom is -0.464 e. The Morgan fingerprint density at radius 1 is 1.35 bits per heavy atom. The van der Waals surface area contributed by atoms with Crippen molar-refractivity contribution in [3.63, 3.8) is 0 Å². The first kappa shape index (κ1) is 12.8. The van der Waals surface area contributed by atoms with Crippen LogP contribution < -0.4 is 0 Å². The van der Waals surface area contributed by atoms with E-state index in [0.29, 0.717) is 11.0 Å². The molecule has 6 heteroatoms. The Bertz CT molecular complexity index is 798. The van der Waals surface area contributed by atoms with Crippen molar-refractivity contribution in [3.8, 4) is 11.1 Å². The smallest absolute Gasteiger partial charge is 0.359 e. The van der Waals surface area contributed by atoms with E-state index in [1.54, 1.807) is 6.20 Å². The average molecular weight is 332 g/mol. The molecule has 2 heterocycles. The van der Waals surface area contributed by atoms with Crippen LogP contribution in [0.2, 0.25) is 0 Å². The third kappa shape index (κ3) is 2.08. The van der Waals surface area contributed by atoms with Gasteiger partial charge in [-0.3, -0.25) is 5.10 Å². The van der Waals surface area contributed by atoms with Crippen LogP contribution in [0.15, 0.2) is 41.0 Å². The maximum Gasteiger partial charge on any atom is 0.359 e. The number of carbonyl (C=O) groups excluding carboxylic acids is 1. The van der Waals surface area contributed by atoms with E-state index in [4.69, 9.17) is 4.74 Å². The van der Waals surface area contributed by atoms with Crippen LogP contribution in [0, 0.1) is 0 Å². The van der Waals surface area contributed by atoms with Crippen LogP contribution in [-0.2, 0) is 4.74 Å². The molecule has 1 N–H and O–H groups in total. The SMILES string of the molecule is COC(=O)c1n[nH]c2nccc(-c3cccc(Br)c3)c12. The monoisotopic (exact) mass is 331 g/mol. The van der Waals surface area contributed by atoms with Crippen LogP contribution >= 0.6 is 15.9 Å². The first-order valence-corrected chi connectivity index (χ1v) is 6.67. The van der Waals surface area contributed by atoms with Crippen molar-refractivity contribution in [3.05, 3.63) is 46.7 Å². The highest BCUT2D eigenvalue weighted by molar-refractivity contribution is 9.10. The van der Waals surface area contributed by atoms with Gasteiger partial charge in [-0.15, -0.1) is 0 Å². The molecule has 0 fully saturated rings. The van der Waals surface area contributed by atoms with Gasteiger partial charge in [-0.25, -0.2) is 9.78 Å². The van der Waals surface area contributed by atoms with Crippen molar-refractivity contribution in [2.45, 2.75) is 0 Å². The van der Waals surface area contributed by atoms with Gasteiger partial charge in [-0.1, -0.05) is 28.1 Å². The number of fused-ring (bicyclic) bond motifs is 1. The topological polar surface area (TPSA) is 67.9 Å². The lowest BCUT2D eigenvalue weighted by molar-refractivity contribution is 0.0596. The number of aromatic nitrogens is 3. The highest BCUT2D eigenvalue weighted by Gasteiger charge is 2.19. The summed E-state index contributed by atoms with van der Waals surface area (Å²) in [6.45, 7) is 0. The Balaban J connectivity index is 2.30. The van der Waals surface area contributed by atoms with E-state index >= 15 is 0 Å². The molecule has 0 aliphatic rings. The summed E-state index contributed by atoms with van der Waals surface area (Å²) in [4.78, 5) is 16.0. The first-order chi connectivity index (χ1) is 9.70. The lowest BCUT2D eigenvalue weighted by Gasteiger charge is -2.05. The maximum atomic E-state index is 11.8. The molecule has 0 aliphatic carbocycles. The molecule has 0 amide bonds. The molecule has 0 bridgehead atoms. The fourth-order valence-electron chi connectivity index (χ4n) is 2.09. The van der Waals surface area contributed by atoms with E-state index in [0.717, 1.165) is 15.6 Å². The molecule has 0 unspecified atom stereocenters. The standard InChI is InChI=1S/C14H10BrN3O2/c1-20-14(19)12-11-10(5-6-16-13(11)18-17-12)8-3-2-4-9(15)7-8/h2-7H,1H3,(H,16,17,18). The van der Waals surface area contributed by atoms with E-state index < -0.39 is 5.97 Å². The summed E-state index contributed by atoms with van der Waals surface area (Å²) in [5.74, 6) is -0.486. The van der Waals surface area contributed by atoms with Crippen molar-refractivity contribution >= 4 is 32.9 Å². The number of hydrogen-bond donors (Lipinski definition) is 1. The molecule has 5 nitrogen and oxygen atoms in total. The Labute approximate surface area is 123 Å². The number of hydrogen-bond acceptors (Lipinski definition) is 4. The highest BCUT2D eigenvalue weighted by Crippen LogP contribution is 2.30. The molecule has 0 radical (unpaired) electrons. The van der Waals surface area contributed by atoms with E-state index in [2.05, 4.69) is 31.1 Å². The van der Waals surface area contributed by atoms with Crippen LogP contribution in [0.25, 0.3) is 22.2 Å². The summed E-state index contributed by atoms with van der Waals surface area (Å²) in [5.41, 5.74) is 2.65. The minimum atomic E-state index is -0.486. The number of halogens is 1. The largest absolute Gasteiger partial charge is 0.464 e. The number of esters is 1. The van der Waals surface area contributed by atoms with E-state index in [-0.39, 0.29) is 5.69 Å². The summed E-state index contributed by atoms with van der Waals surface area (Å²) in [6, 6.07) is 9.67. The minimum absolute atomic E-state index is 0.241. The Morgan fingerprint density at radius 3 is 2.95 bits per heavy atom. The number of pyridine rings is 1. The number of carbonyl (C=O) groups is 1. The molecule has 0 saturated heterocycles.